The molecule has 1 aromatic rings. The zero-order chi connectivity index (χ0) is 17.3. The topological polar surface area (TPSA) is 63.7 Å². The molecule has 1 saturated heterocycles. The van der Waals surface area contributed by atoms with Gasteiger partial charge in [-0.1, -0.05) is 6.07 Å². The van der Waals surface area contributed by atoms with Crippen LogP contribution in [0.1, 0.15) is 23.2 Å². The predicted molar refractivity (Wildman–Crippen MR) is 75.3 cm³/mol. The van der Waals surface area contributed by atoms with Gasteiger partial charge >= 0.3 is 12.1 Å². The number of sulfonamides is 1. The van der Waals surface area contributed by atoms with Crippen molar-refractivity contribution in [2.45, 2.75) is 23.9 Å². The fraction of sp³-hybridized carbons (Fsp3) is 0.500. The molecule has 0 bridgehead atoms. The molecule has 0 saturated carbocycles. The summed E-state index contributed by atoms with van der Waals surface area (Å²) < 4.78 is 68.9. The minimum Gasteiger partial charge on any atom is -0.465 e. The second kappa shape index (κ2) is 6.48. The van der Waals surface area contributed by atoms with Crippen LogP contribution in [0.4, 0.5) is 13.2 Å². The van der Waals surface area contributed by atoms with Crippen molar-refractivity contribution >= 4 is 16.0 Å². The Kier molecular flexibility index (Phi) is 5.00. The van der Waals surface area contributed by atoms with E-state index in [2.05, 4.69) is 4.74 Å². The number of alkyl halides is 3. The highest BCUT2D eigenvalue weighted by Gasteiger charge is 2.44. The summed E-state index contributed by atoms with van der Waals surface area (Å²) in [6.07, 6.45) is -4.38. The summed E-state index contributed by atoms with van der Waals surface area (Å²) in [5.41, 5.74) is 0.0259. The van der Waals surface area contributed by atoms with Crippen LogP contribution in [0.5, 0.6) is 0 Å². The first kappa shape index (κ1) is 17.7. The smallest absolute Gasteiger partial charge is 0.393 e. The number of nitrogens with zero attached hydrogens (tertiary/aromatic N) is 1. The lowest BCUT2D eigenvalue weighted by Crippen LogP contribution is -2.44. The van der Waals surface area contributed by atoms with E-state index >= 15 is 0 Å². The molecular formula is C14H16F3NO4S. The molecular weight excluding hydrogens is 335 g/mol. The van der Waals surface area contributed by atoms with Gasteiger partial charge in [-0.2, -0.15) is 17.5 Å². The normalized spacial score (nSPS) is 20.3. The van der Waals surface area contributed by atoms with Gasteiger partial charge < -0.3 is 4.74 Å². The Morgan fingerprint density at radius 1 is 1.35 bits per heavy atom. The molecule has 1 heterocycles. The van der Waals surface area contributed by atoms with Gasteiger partial charge in [0.15, 0.2) is 0 Å². The Balaban J connectivity index is 2.29. The molecule has 0 unspecified atom stereocenters. The maximum Gasteiger partial charge on any atom is 0.393 e. The Labute approximate surface area is 132 Å². The number of carbonyl (C=O) groups excluding carboxylic acids is 1. The van der Waals surface area contributed by atoms with Crippen LogP contribution in [-0.2, 0) is 14.8 Å². The van der Waals surface area contributed by atoms with Crippen molar-refractivity contribution in [1.29, 1.82) is 0 Å². The minimum atomic E-state index is -4.43. The van der Waals surface area contributed by atoms with Crippen molar-refractivity contribution in [2.24, 2.45) is 5.92 Å². The summed E-state index contributed by atoms with van der Waals surface area (Å²) in [4.78, 5) is 11.3. The lowest BCUT2D eigenvalue weighted by molar-refractivity contribution is -0.182. The molecule has 1 aliphatic rings. The van der Waals surface area contributed by atoms with Crippen LogP contribution in [0, 0.1) is 5.92 Å². The highest BCUT2D eigenvalue weighted by molar-refractivity contribution is 7.89. The van der Waals surface area contributed by atoms with Crippen LogP contribution in [-0.4, -0.2) is 45.1 Å². The quantitative estimate of drug-likeness (QED) is 0.785. The number of piperidine rings is 1. The second-order valence-corrected chi connectivity index (χ2v) is 7.20. The molecule has 1 atom stereocenters. The van der Waals surface area contributed by atoms with Crippen LogP contribution in [0.2, 0.25) is 0 Å². The van der Waals surface area contributed by atoms with Crippen molar-refractivity contribution in [3.63, 3.8) is 0 Å². The van der Waals surface area contributed by atoms with Crippen LogP contribution in [0.3, 0.4) is 0 Å². The van der Waals surface area contributed by atoms with E-state index in [4.69, 9.17) is 0 Å². The summed E-state index contributed by atoms with van der Waals surface area (Å²) >= 11 is 0. The van der Waals surface area contributed by atoms with Gasteiger partial charge in [0.1, 0.15) is 0 Å². The molecule has 5 nitrogen and oxygen atoms in total. The number of carbonyl (C=O) groups is 1. The van der Waals surface area contributed by atoms with Crippen molar-refractivity contribution in [3.8, 4) is 0 Å². The van der Waals surface area contributed by atoms with Crippen LogP contribution >= 0.6 is 0 Å². The molecule has 0 N–H and O–H groups in total. The van der Waals surface area contributed by atoms with Gasteiger partial charge in [0.25, 0.3) is 0 Å². The monoisotopic (exact) mass is 351 g/mol. The third kappa shape index (κ3) is 3.84. The zero-order valence-electron chi connectivity index (χ0n) is 12.3. The maximum absolute atomic E-state index is 12.8. The Morgan fingerprint density at radius 2 is 2.04 bits per heavy atom. The number of esters is 1. The molecule has 9 heteroatoms. The van der Waals surface area contributed by atoms with Gasteiger partial charge in [-0.05, 0) is 31.0 Å². The molecule has 2 rings (SSSR count). The first-order chi connectivity index (χ1) is 10.7. The Bertz CT molecular complexity index is 688. The third-order valence-corrected chi connectivity index (χ3v) is 5.60. The van der Waals surface area contributed by atoms with Gasteiger partial charge in [0.2, 0.25) is 10.0 Å². The predicted octanol–water partition coefficient (Wildman–Crippen LogP) is 2.44. The number of hydrogen-bond donors (Lipinski definition) is 0. The average molecular weight is 351 g/mol. The number of halogens is 3. The number of rotatable bonds is 3. The fourth-order valence-electron chi connectivity index (χ4n) is 2.48. The summed E-state index contributed by atoms with van der Waals surface area (Å²) in [5, 5.41) is 0. The van der Waals surface area contributed by atoms with E-state index in [9.17, 15) is 26.4 Å². The molecule has 1 aliphatic heterocycles. The first-order valence-electron chi connectivity index (χ1n) is 6.91. The summed E-state index contributed by atoms with van der Waals surface area (Å²) in [6.45, 7) is -0.578. The summed E-state index contributed by atoms with van der Waals surface area (Å²) in [5.74, 6) is -2.39. The van der Waals surface area contributed by atoms with Crippen molar-refractivity contribution < 1.29 is 31.1 Å². The van der Waals surface area contributed by atoms with E-state index in [1.165, 1.54) is 18.2 Å². The van der Waals surface area contributed by atoms with Gasteiger partial charge in [-0.25, -0.2) is 13.2 Å². The first-order valence-corrected chi connectivity index (χ1v) is 8.35. The average Bonchev–Trinajstić information content (AvgIpc) is 2.53. The second-order valence-electron chi connectivity index (χ2n) is 5.26. The molecule has 0 aromatic heterocycles. The lowest BCUT2D eigenvalue weighted by Gasteiger charge is -2.32. The van der Waals surface area contributed by atoms with E-state index in [-0.39, 0.29) is 29.8 Å². The van der Waals surface area contributed by atoms with Crippen LogP contribution in [0.25, 0.3) is 0 Å². The molecule has 1 fully saturated rings. The number of hydrogen-bond acceptors (Lipinski definition) is 4. The van der Waals surface area contributed by atoms with Gasteiger partial charge in [-0.15, -0.1) is 0 Å². The summed E-state index contributed by atoms with van der Waals surface area (Å²) in [6, 6.07) is 5.08. The standard InChI is InChI=1S/C14H16F3NO4S/c1-22-13(19)10-4-2-6-12(8-10)23(20,21)18-7-3-5-11(9-18)14(15,16)17/h2,4,6,8,11H,3,5,7,9H2,1H3/t11-/m0/s1. The lowest BCUT2D eigenvalue weighted by atomic mass is 9.99. The number of benzene rings is 1. The van der Waals surface area contributed by atoms with Crippen LogP contribution in [0.15, 0.2) is 29.2 Å². The van der Waals surface area contributed by atoms with Crippen molar-refractivity contribution in [2.75, 3.05) is 20.2 Å². The molecule has 0 aliphatic carbocycles. The van der Waals surface area contributed by atoms with Gasteiger partial charge in [-0.3, -0.25) is 0 Å². The van der Waals surface area contributed by atoms with Crippen molar-refractivity contribution in [3.05, 3.63) is 29.8 Å². The summed E-state index contributed by atoms with van der Waals surface area (Å²) in [7, 11) is -2.94. The molecule has 0 radical (unpaired) electrons. The largest absolute Gasteiger partial charge is 0.465 e. The van der Waals surface area contributed by atoms with E-state index in [0.29, 0.717) is 0 Å². The number of methoxy groups -OCH3 is 1. The zero-order valence-corrected chi connectivity index (χ0v) is 13.2. The Hall–Kier alpha value is -1.61. The highest BCUT2D eigenvalue weighted by Crippen LogP contribution is 2.35. The molecule has 128 valence electrons. The van der Waals surface area contributed by atoms with Gasteiger partial charge in [0, 0.05) is 13.1 Å². The Morgan fingerprint density at radius 3 is 2.65 bits per heavy atom. The molecule has 0 amide bonds. The van der Waals surface area contributed by atoms with E-state index in [0.717, 1.165) is 17.5 Å². The maximum atomic E-state index is 12.8. The van der Waals surface area contributed by atoms with Crippen molar-refractivity contribution in [1.82, 2.24) is 4.31 Å². The van der Waals surface area contributed by atoms with Gasteiger partial charge in [0.05, 0.1) is 23.5 Å². The molecule has 0 spiro atoms. The minimum absolute atomic E-state index is 0.0252. The van der Waals surface area contributed by atoms with E-state index in [1.807, 2.05) is 0 Å². The van der Waals surface area contributed by atoms with E-state index in [1.54, 1.807) is 0 Å². The van der Waals surface area contributed by atoms with E-state index < -0.39 is 34.6 Å². The fourth-order valence-corrected chi connectivity index (χ4v) is 4.05. The highest BCUT2D eigenvalue weighted by atomic mass is 32.2. The molecule has 23 heavy (non-hydrogen) atoms. The third-order valence-electron chi connectivity index (χ3n) is 3.74. The number of ether oxygens (including phenoxy) is 1. The molecule has 1 aromatic carbocycles. The van der Waals surface area contributed by atoms with Crippen LogP contribution < -0.4 is 0 Å². The SMILES string of the molecule is COC(=O)c1cccc(S(=O)(=O)N2CCC[C@H](C(F)(F)F)C2)c1.